The Balaban J connectivity index is 1.58. The molecule has 2 aromatic rings. The zero-order chi connectivity index (χ0) is 18.5. The van der Waals surface area contributed by atoms with Crippen LogP contribution in [-0.4, -0.2) is 83.5 Å². The molecule has 0 radical (unpaired) electrons. The average Bonchev–Trinajstić information content (AvgIpc) is 3.31. The molecule has 3 rings (SSSR count). The summed E-state index contributed by atoms with van der Waals surface area (Å²) in [4.78, 5) is 23.3. The second-order valence-corrected chi connectivity index (χ2v) is 7.33. The molecule has 1 amide bonds. The number of rotatable bonds is 7. The number of nitrogens with zero attached hydrogens (tertiary/aromatic N) is 5. The van der Waals surface area contributed by atoms with Crippen LogP contribution in [0.4, 0.5) is 0 Å². The van der Waals surface area contributed by atoms with Crippen LogP contribution in [0.1, 0.15) is 29.2 Å². The van der Waals surface area contributed by atoms with Gasteiger partial charge in [0.05, 0.1) is 12.9 Å². The number of carbonyl (C=O) groups excluding carboxylic acids is 1. The van der Waals surface area contributed by atoms with E-state index in [-0.39, 0.29) is 5.91 Å². The van der Waals surface area contributed by atoms with Crippen molar-refractivity contribution in [3.8, 4) is 0 Å². The Hall–Kier alpha value is -2.12. The van der Waals surface area contributed by atoms with Crippen LogP contribution in [0.25, 0.3) is 0 Å². The molecule has 26 heavy (non-hydrogen) atoms. The smallest absolute Gasteiger partial charge is 0.289 e. The minimum absolute atomic E-state index is 0.00686. The molecule has 1 fully saturated rings. The van der Waals surface area contributed by atoms with E-state index in [1.807, 2.05) is 21.7 Å². The molecule has 1 aliphatic heterocycles. The first-order valence-electron chi connectivity index (χ1n) is 9.21. The minimum Gasteiger partial charge on any atom is -0.454 e. The van der Waals surface area contributed by atoms with Gasteiger partial charge in [-0.3, -0.25) is 4.79 Å². The van der Waals surface area contributed by atoms with Gasteiger partial charge >= 0.3 is 0 Å². The number of furan rings is 1. The lowest BCUT2D eigenvalue weighted by molar-refractivity contribution is 0.0572. The van der Waals surface area contributed by atoms with Gasteiger partial charge in [-0.05, 0) is 46.1 Å². The third-order valence-electron chi connectivity index (χ3n) is 4.98. The molecule has 0 aliphatic carbocycles. The van der Waals surface area contributed by atoms with Crippen LogP contribution in [-0.2, 0) is 6.54 Å². The van der Waals surface area contributed by atoms with Gasteiger partial charge in [0.1, 0.15) is 5.76 Å². The minimum atomic E-state index is -0.00686. The fourth-order valence-electron chi connectivity index (χ4n) is 3.33. The fourth-order valence-corrected chi connectivity index (χ4v) is 3.33. The third kappa shape index (κ3) is 4.74. The summed E-state index contributed by atoms with van der Waals surface area (Å²) in [5.41, 5.74) is 0. The van der Waals surface area contributed by atoms with Crippen LogP contribution >= 0.6 is 0 Å². The maximum atomic E-state index is 12.8. The lowest BCUT2D eigenvalue weighted by atomic mass is 10.0. The first-order chi connectivity index (χ1) is 12.5. The molecular weight excluding hydrogens is 330 g/mol. The molecule has 0 bridgehead atoms. The highest BCUT2D eigenvalue weighted by Crippen LogP contribution is 2.19. The molecule has 7 heteroatoms. The van der Waals surface area contributed by atoms with E-state index in [2.05, 4.69) is 35.9 Å². The first kappa shape index (κ1) is 18.7. The molecular formula is C19H29N5O2. The van der Waals surface area contributed by atoms with E-state index >= 15 is 0 Å². The number of hydrogen-bond donors (Lipinski definition) is 0. The number of carbonyl (C=O) groups is 1. The van der Waals surface area contributed by atoms with E-state index in [4.69, 9.17) is 4.42 Å². The molecule has 7 nitrogen and oxygen atoms in total. The summed E-state index contributed by atoms with van der Waals surface area (Å²) in [6.45, 7) is 4.18. The Morgan fingerprint density at radius 2 is 2.15 bits per heavy atom. The maximum absolute atomic E-state index is 12.8. The highest BCUT2D eigenvalue weighted by molar-refractivity contribution is 5.91. The summed E-state index contributed by atoms with van der Waals surface area (Å²) in [6, 6.07) is 4.07. The van der Waals surface area contributed by atoms with E-state index in [0.717, 1.165) is 44.8 Å². The molecule has 3 heterocycles. The van der Waals surface area contributed by atoms with Gasteiger partial charge in [0.25, 0.3) is 5.91 Å². The lowest BCUT2D eigenvalue weighted by Gasteiger charge is -2.37. The number of hydrogen-bond acceptors (Lipinski definition) is 5. The summed E-state index contributed by atoms with van der Waals surface area (Å²) in [6.07, 6.45) is 7.52. The van der Waals surface area contributed by atoms with Crippen LogP contribution < -0.4 is 0 Å². The van der Waals surface area contributed by atoms with Crippen LogP contribution in [0.3, 0.4) is 0 Å². The number of aromatic nitrogens is 2. The summed E-state index contributed by atoms with van der Waals surface area (Å²) < 4.78 is 7.71. The summed E-state index contributed by atoms with van der Waals surface area (Å²) in [5, 5.41) is 0. The predicted molar refractivity (Wildman–Crippen MR) is 100 cm³/mol. The molecule has 142 valence electrons. The van der Waals surface area contributed by atoms with E-state index in [9.17, 15) is 4.79 Å². The molecule has 1 aliphatic rings. The van der Waals surface area contributed by atoms with Gasteiger partial charge in [-0.1, -0.05) is 0 Å². The molecule has 1 saturated heterocycles. The van der Waals surface area contributed by atoms with Gasteiger partial charge in [-0.25, -0.2) is 4.98 Å². The van der Waals surface area contributed by atoms with Crippen molar-refractivity contribution in [2.45, 2.75) is 25.4 Å². The maximum Gasteiger partial charge on any atom is 0.289 e. The molecule has 0 spiro atoms. The number of likely N-dealkylation sites (tertiary alicyclic amines) is 1. The molecule has 0 N–H and O–H groups in total. The van der Waals surface area contributed by atoms with Crippen molar-refractivity contribution in [3.05, 3.63) is 42.4 Å². The standard InChI is InChI=1S/C19H29N5O2/c1-21(2)11-12-22(3)16-5-4-9-24(13-16)19(25)18-7-6-17(26-18)14-23-10-8-20-15-23/h6-8,10,15-16H,4-5,9,11-14H2,1-3H3. The van der Waals surface area contributed by atoms with Gasteiger partial charge in [0, 0.05) is 44.6 Å². The van der Waals surface area contributed by atoms with Crippen molar-refractivity contribution in [2.75, 3.05) is 47.3 Å². The summed E-state index contributed by atoms with van der Waals surface area (Å²) in [7, 11) is 6.32. The van der Waals surface area contributed by atoms with Crippen LogP contribution in [0.5, 0.6) is 0 Å². The molecule has 0 aromatic carbocycles. The Kier molecular flexibility index (Phi) is 6.11. The SMILES string of the molecule is CN(C)CCN(C)C1CCCN(C(=O)c2ccc(Cn3ccnc3)o2)C1. The molecule has 2 aromatic heterocycles. The van der Waals surface area contributed by atoms with Gasteiger partial charge in [0.15, 0.2) is 5.76 Å². The summed E-state index contributed by atoms with van der Waals surface area (Å²) >= 11 is 0. The zero-order valence-electron chi connectivity index (χ0n) is 16.0. The topological polar surface area (TPSA) is 57.8 Å². The highest BCUT2D eigenvalue weighted by Gasteiger charge is 2.28. The van der Waals surface area contributed by atoms with Crippen LogP contribution in [0.15, 0.2) is 35.3 Å². The second kappa shape index (κ2) is 8.51. The van der Waals surface area contributed by atoms with Crippen LogP contribution in [0, 0.1) is 0 Å². The van der Waals surface area contributed by atoms with E-state index < -0.39 is 0 Å². The number of imidazole rings is 1. The molecule has 1 atom stereocenters. The summed E-state index contributed by atoms with van der Waals surface area (Å²) in [5.74, 6) is 1.19. The quantitative estimate of drug-likeness (QED) is 0.752. The second-order valence-electron chi connectivity index (χ2n) is 7.33. The lowest BCUT2D eigenvalue weighted by Crippen LogP contribution is -2.49. The van der Waals surface area contributed by atoms with Gasteiger partial charge < -0.3 is 23.7 Å². The Morgan fingerprint density at radius 3 is 2.88 bits per heavy atom. The molecule has 0 saturated carbocycles. The van der Waals surface area contributed by atoms with Gasteiger partial charge in [0.2, 0.25) is 0 Å². The van der Waals surface area contributed by atoms with Gasteiger partial charge in [-0.15, -0.1) is 0 Å². The monoisotopic (exact) mass is 359 g/mol. The normalized spacial score (nSPS) is 18.0. The third-order valence-corrected chi connectivity index (χ3v) is 4.98. The van der Waals surface area contributed by atoms with Crippen molar-refractivity contribution in [3.63, 3.8) is 0 Å². The number of amides is 1. The van der Waals surface area contributed by atoms with Crippen molar-refractivity contribution in [2.24, 2.45) is 0 Å². The van der Waals surface area contributed by atoms with Crippen molar-refractivity contribution >= 4 is 5.91 Å². The van der Waals surface area contributed by atoms with E-state index in [1.54, 1.807) is 18.6 Å². The number of likely N-dealkylation sites (N-methyl/N-ethyl adjacent to an activating group) is 2. The Bertz CT molecular complexity index is 695. The fraction of sp³-hybridized carbons (Fsp3) is 0.579. The number of piperidine rings is 1. The predicted octanol–water partition coefficient (Wildman–Crippen LogP) is 1.62. The Labute approximate surface area is 155 Å². The highest BCUT2D eigenvalue weighted by atomic mass is 16.4. The zero-order valence-corrected chi connectivity index (χ0v) is 16.0. The first-order valence-corrected chi connectivity index (χ1v) is 9.21. The Morgan fingerprint density at radius 1 is 1.31 bits per heavy atom. The van der Waals surface area contributed by atoms with Crippen molar-refractivity contribution in [1.29, 1.82) is 0 Å². The largest absolute Gasteiger partial charge is 0.454 e. The van der Waals surface area contributed by atoms with Gasteiger partial charge in [-0.2, -0.15) is 0 Å². The average molecular weight is 359 g/mol. The molecule has 1 unspecified atom stereocenters. The van der Waals surface area contributed by atoms with Crippen LogP contribution in [0.2, 0.25) is 0 Å². The van der Waals surface area contributed by atoms with E-state index in [1.165, 1.54) is 0 Å². The van der Waals surface area contributed by atoms with Crippen molar-refractivity contribution < 1.29 is 9.21 Å². The van der Waals surface area contributed by atoms with Crippen molar-refractivity contribution in [1.82, 2.24) is 24.3 Å². The van der Waals surface area contributed by atoms with E-state index in [0.29, 0.717) is 18.3 Å².